The third-order valence-electron chi connectivity index (χ3n) is 4.06. The van der Waals surface area contributed by atoms with Crippen LogP contribution in [0.25, 0.3) is 5.65 Å². The standard InChI is InChI=1S/C19H21ClN4O2/c1-13-3-6-18-22-17(12-24(18)10-13)19(26)21-15-4-5-16(20)14(9-15)11-23(2)7-8-25/h3-6,9-10,12,25H,7-8,11H2,1-2H3,(H,21,26). The van der Waals surface area contributed by atoms with Crippen molar-refractivity contribution >= 4 is 28.8 Å². The molecule has 136 valence electrons. The average molecular weight is 373 g/mol. The van der Waals surface area contributed by atoms with Gasteiger partial charge in [0, 0.05) is 36.2 Å². The molecule has 7 heteroatoms. The number of anilines is 1. The van der Waals surface area contributed by atoms with Crippen LogP contribution in [0.15, 0.2) is 42.7 Å². The summed E-state index contributed by atoms with van der Waals surface area (Å²) in [6.45, 7) is 3.20. The number of hydrogen-bond acceptors (Lipinski definition) is 4. The number of aryl methyl sites for hydroxylation is 1. The number of carbonyl (C=O) groups is 1. The molecule has 0 aliphatic rings. The molecule has 0 fully saturated rings. The zero-order valence-corrected chi connectivity index (χ0v) is 15.5. The lowest BCUT2D eigenvalue weighted by atomic mass is 10.2. The Morgan fingerprint density at radius 1 is 1.31 bits per heavy atom. The van der Waals surface area contributed by atoms with Gasteiger partial charge in [0.25, 0.3) is 5.91 Å². The number of aliphatic hydroxyl groups is 1. The molecule has 0 atom stereocenters. The van der Waals surface area contributed by atoms with Crippen molar-refractivity contribution in [1.82, 2.24) is 14.3 Å². The number of aliphatic hydroxyl groups excluding tert-OH is 1. The Kier molecular flexibility index (Phi) is 5.56. The van der Waals surface area contributed by atoms with Gasteiger partial charge in [-0.1, -0.05) is 17.7 Å². The number of nitrogens with zero attached hydrogens (tertiary/aromatic N) is 3. The fourth-order valence-corrected chi connectivity index (χ4v) is 2.90. The second-order valence-electron chi connectivity index (χ2n) is 6.32. The first-order valence-electron chi connectivity index (χ1n) is 8.31. The maximum Gasteiger partial charge on any atom is 0.275 e. The maximum absolute atomic E-state index is 12.5. The normalized spacial score (nSPS) is 11.3. The third-order valence-corrected chi connectivity index (χ3v) is 4.43. The van der Waals surface area contributed by atoms with Crippen molar-refractivity contribution in [2.45, 2.75) is 13.5 Å². The van der Waals surface area contributed by atoms with Crippen molar-refractivity contribution in [3.05, 3.63) is 64.6 Å². The van der Waals surface area contributed by atoms with Gasteiger partial charge in [-0.05, 0) is 49.4 Å². The Balaban J connectivity index is 1.77. The minimum Gasteiger partial charge on any atom is -0.395 e. The Labute approximate surface area is 157 Å². The molecule has 0 aliphatic carbocycles. The van der Waals surface area contributed by atoms with Crippen molar-refractivity contribution in [1.29, 1.82) is 0 Å². The molecular weight excluding hydrogens is 352 g/mol. The number of aromatic nitrogens is 2. The molecule has 0 unspecified atom stereocenters. The predicted molar refractivity (Wildman–Crippen MR) is 103 cm³/mol. The molecule has 3 aromatic rings. The van der Waals surface area contributed by atoms with Crippen LogP contribution in [0.2, 0.25) is 5.02 Å². The molecule has 1 amide bonds. The number of imidazole rings is 1. The molecular formula is C19H21ClN4O2. The van der Waals surface area contributed by atoms with E-state index < -0.39 is 0 Å². The van der Waals surface area contributed by atoms with E-state index in [-0.39, 0.29) is 12.5 Å². The lowest BCUT2D eigenvalue weighted by Gasteiger charge is -2.16. The van der Waals surface area contributed by atoms with Crippen molar-refractivity contribution in [3.8, 4) is 0 Å². The number of pyridine rings is 1. The van der Waals surface area contributed by atoms with Crippen molar-refractivity contribution in [3.63, 3.8) is 0 Å². The van der Waals surface area contributed by atoms with Crippen LogP contribution >= 0.6 is 11.6 Å². The average Bonchev–Trinajstić information content (AvgIpc) is 3.01. The zero-order valence-electron chi connectivity index (χ0n) is 14.7. The van der Waals surface area contributed by atoms with Crippen molar-refractivity contribution < 1.29 is 9.90 Å². The van der Waals surface area contributed by atoms with Gasteiger partial charge in [-0.3, -0.25) is 9.69 Å². The fourth-order valence-electron chi connectivity index (χ4n) is 2.72. The van der Waals surface area contributed by atoms with E-state index in [0.717, 1.165) is 16.8 Å². The first kappa shape index (κ1) is 18.4. The summed E-state index contributed by atoms with van der Waals surface area (Å²) >= 11 is 6.24. The first-order valence-corrected chi connectivity index (χ1v) is 8.68. The highest BCUT2D eigenvalue weighted by Crippen LogP contribution is 2.22. The van der Waals surface area contributed by atoms with Crippen molar-refractivity contribution in [2.75, 3.05) is 25.5 Å². The Morgan fingerprint density at radius 3 is 2.88 bits per heavy atom. The number of hydrogen-bond donors (Lipinski definition) is 2. The molecule has 0 bridgehead atoms. The maximum atomic E-state index is 12.5. The summed E-state index contributed by atoms with van der Waals surface area (Å²) in [6.07, 6.45) is 3.64. The molecule has 0 saturated heterocycles. The van der Waals surface area contributed by atoms with Gasteiger partial charge >= 0.3 is 0 Å². The molecule has 2 heterocycles. The summed E-state index contributed by atoms with van der Waals surface area (Å²) in [4.78, 5) is 18.8. The minimum absolute atomic E-state index is 0.0813. The molecule has 26 heavy (non-hydrogen) atoms. The van der Waals surface area contributed by atoms with E-state index in [4.69, 9.17) is 16.7 Å². The largest absolute Gasteiger partial charge is 0.395 e. The Bertz CT molecular complexity index is 938. The Hall–Kier alpha value is -2.41. The molecule has 0 radical (unpaired) electrons. The molecule has 6 nitrogen and oxygen atoms in total. The smallest absolute Gasteiger partial charge is 0.275 e. The van der Waals surface area contributed by atoms with Gasteiger partial charge in [-0.25, -0.2) is 4.98 Å². The number of amides is 1. The number of benzene rings is 1. The zero-order chi connectivity index (χ0) is 18.7. The Morgan fingerprint density at radius 2 is 2.12 bits per heavy atom. The van der Waals surface area contributed by atoms with E-state index in [0.29, 0.717) is 29.5 Å². The number of rotatable bonds is 6. The number of fused-ring (bicyclic) bond motifs is 1. The third kappa shape index (κ3) is 4.22. The molecule has 0 saturated carbocycles. The van der Waals surface area contributed by atoms with Crippen LogP contribution in [0.3, 0.4) is 0 Å². The quantitative estimate of drug-likeness (QED) is 0.698. The molecule has 0 spiro atoms. The number of halogens is 1. The van der Waals surface area contributed by atoms with Crippen LogP contribution in [0, 0.1) is 6.92 Å². The first-order chi connectivity index (χ1) is 12.5. The summed E-state index contributed by atoms with van der Waals surface area (Å²) in [7, 11) is 1.90. The monoisotopic (exact) mass is 372 g/mol. The van der Waals surface area contributed by atoms with E-state index in [9.17, 15) is 4.79 Å². The van der Waals surface area contributed by atoms with Crippen LogP contribution in [-0.2, 0) is 6.54 Å². The van der Waals surface area contributed by atoms with Crippen LogP contribution in [0.1, 0.15) is 21.6 Å². The van der Waals surface area contributed by atoms with E-state index in [1.165, 1.54) is 0 Å². The highest BCUT2D eigenvalue weighted by Gasteiger charge is 2.12. The second kappa shape index (κ2) is 7.86. The summed E-state index contributed by atoms with van der Waals surface area (Å²) in [5, 5.41) is 12.5. The number of likely N-dealkylation sites (N-methyl/N-ethyl adjacent to an activating group) is 1. The lowest BCUT2D eigenvalue weighted by molar-refractivity contribution is 0.102. The molecule has 1 aromatic carbocycles. The van der Waals surface area contributed by atoms with Crippen molar-refractivity contribution in [2.24, 2.45) is 0 Å². The van der Waals surface area contributed by atoms with Gasteiger partial charge in [0.05, 0.1) is 6.61 Å². The van der Waals surface area contributed by atoms with Gasteiger partial charge in [0.15, 0.2) is 0 Å². The van der Waals surface area contributed by atoms with Gasteiger partial charge in [-0.15, -0.1) is 0 Å². The highest BCUT2D eigenvalue weighted by atomic mass is 35.5. The van der Waals surface area contributed by atoms with Gasteiger partial charge in [0.2, 0.25) is 0 Å². The topological polar surface area (TPSA) is 69.9 Å². The van der Waals surface area contributed by atoms with Crippen LogP contribution in [0.5, 0.6) is 0 Å². The summed E-state index contributed by atoms with van der Waals surface area (Å²) in [6, 6.07) is 9.19. The summed E-state index contributed by atoms with van der Waals surface area (Å²) in [5.74, 6) is -0.275. The lowest BCUT2D eigenvalue weighted by Crippen LogP contribution is -2.21. The SMILES string of the molecule is Cc1ccc2nc(C(=O)Nc3ccc(Cl)c(CN(C)CCO)c3)cn2c1. The van der Waals surface area contributed by atoms with Crippen LogP contribution < -0.4 is 5.32 Å². The van der Waals surface area contributed by atoms with Crippen LogP contribution in [-0.4, -0.2) is 45.5 Å². The summed E-state index contributed by atoms with van der Waals surface area (Å²) in [5.41, 5.74) is 3.70. The summed E-state index contributed by atoms with van der Waals surface area (Å²) < 4.78 is 1.83. The molecule has 2 N–H and O–H groups in total. The van der Waals surface area contributed by atoms with Gasteiger partial charge < -0.3 is 14.8 Å². The molecule has 3 rings (SSSR count). The predicted octanol–water partition coefficient (Wildman–Crippen LogP) is 2.97. The molecule has 2 aromatic heterocycles. The molecule has 0 aliphatic heterocycles. The van der Waals surface area contributed by atoms with E-state index in [1.807, 2.05) is 47.7 Å². The number of nitrogens with one attached hydrogen (secondary N) is 1. The van der Waals surface area contributed by atoms with Gasteiger partial charge in [-0.2, -0.15) is 0 Å². The van der Waals surface area contributed by atoms with Gasteiger partial charge in [0.1, 0.15) is 11.3 Å². The number of carbonyl (C=O) groups excluding carboxylic acids is 1. The van der Waals surface area contributed by atoms with E-state index in [1.54, 1.807) is 18.3 Å². The second-order valence-corrected chi connectivity index (χ2v) is 6.73. The van der Waals surface area contributed by atoms with Crippen LogP contribution in [0.4, 0.5) is 5.69 Å². The fraction of sp³-hybridized carbons (Fsp3) is 0.263. The van der Waals surface area contributed by atoms with E-state index in [2.05, 4.69) is 10.3 Å². The highest BCUT2D eigenvalue weighted by molar-refractivity contribution is 6.31. The van der Waals surface area contributed by atoms with E-state index >= 15 is 0 Å². The minimum atomic E-state index is -0.275.